The zero-order chi connectivity index (χ0) is 24.2. The van der Waals surface area contributed by atoms with E-state index < -0.39 is 30.1 Å². The lowest BCUT2D eigenvalue weighted by molar-refractivity contribution is -0.137. The molecule has 0 atom stereocenters. The van der Waals surface area contributed by atoms with E-state index in [2.05, 4.69) is 10.4 Å². The molecule has 3 rings (SSSR count). The number of hydrogen-bond acceptors (Lipinski definition) is 3. The molecule has 1 N–H and O–H groups in total. The van der Waals surface area contributed by atoms with E-state index in [1.807, 2.05) is 30.3 Å². The van der Waals surface area contributed by atoms with Gasteiger partial charge in [0.25, 0.3) is 5.91 Å². The summed E-state index contributed by atoms with van der Waals surface area (Å²) >= 11 is 6.44. The number of rotatable bonds is 7. The van der Waals surface area contributed by atoms with Gasteiger partial charge in [0.1, 0.15) is 11.7 Å². The molecule has 2 aromatic carbocycles. The van der Waals surface area contributed by atoms with Crippen molar-refractivity contribution in [3.8, 4) is 0 Å². The van der Waals surface area contributed by atoms with Crippen LogP contribution in [0, 0.1) is 6.92 Å². The number of nitrogens with one attached hydrogen (secondary N) is 1. The van der Waals surface area contributed by atoms with Gasteiger partial charge in [-0.1, -0.05) is 54.1 Å². The van der Waals surface area contributed by atoms with Crippen LogP contribution in [0.15, 0.2) is 54.6 Å². The Bertz CT molecular complexity index is 1150. The Hall–Kier alpha value is -3.33. The van der Waals surface area contributed by atoms with E-state index in [0.29, 0.717) is 12.2 Å². The lowest BCUT2D eigenvalue weighted by Gasteiger charge is -2.21. The van der Waals surface area contributed by atoms with Crippen LogP contribution in [-0.4, -0.2) is 39.6 Å². The van der Waals surface area contributed by atoms with Crippen LogP contribution in [0.1, 0.15) is 34.1 Å². The highest BCUT2D eigenvalue weighted by atomic mass is 35.5. The van der Waals surface area contributed by atoms with E-state index in [1.165, 1.54) is 21.7 Å². The maximum Gasteiger partial charge on any atom is 0.418 e. The summed E-state index contributed by atoms with van der Waals surface area (Å²) in [5.74, 6) is -1.29. The molecule has 0 bridgehead atoms. The maximum atomic E-state index is 13.2. The molecular formula is C23H22ClF3N4O2. The third-order valence-electron chi connectivity index (χ3n) is 4.96. The fraction of sp³-hybridized carbons (Fsp3) is 0.261. The molecule has 0 saturated carbocycles. The van der Waals surface area contributed by atoms with Gasteiger partial charge in [-0.25, -0.2) is 4.68 Å². The molecule has 0 fully saturated rings. The first-order chi connectivity index (χ1) is 15.6. The molecule has 3 aromatic rings. The van der Waals surface area contributed by atoms with Gasteiger partial charge >= 0.3 is 6.18 Å². The Morgan fingerprint density at radius 2 is 1.73 bits per heavy atom. The molecule has 33 heavy (non-hydrogen) atoms. The zero-order valence-corrected chi connectivity index (χ0v) is 18.7. The molecule has 0 unspecified atom stereocenters. The van der Waals surface area contributed by atoms with E-state index in [4.69, 9.17) is 11.6 Å². The van der Waals surface area contributed by atoms with E-state index in [-0.39, 0.29) is 22.9 Å². The first-order valence-electron chi connectivity index (χ1n) is 10.1. The van der Waals surface area contributed by atoms with Gasteiger partial charge in [-0.15, -0.1) is 0 Å². The molecule has 0 aliphatic rings. The van der Waals surface area contributed by atoms with Crippen molar-refractivity contribution in [3.05, 3.63) is 82.1 Å². The third-order valence-corrected chi connectivity index (χ3v) is 5.35. The Kier molecular flexibility index (Phi) is 7.43. The van der Waals surface area contributed by atoms with Gasteiger partial charge in [0, 0.05) is 6.54 Å². The van der Waals surface area contributed by atoms with Crippen LogP contribution in [0.2, 0.25) is 5.15 Å². The summed E-state index contributed by atoms with van der Waals surface area (Å²) in [6, 6.07) is 14.1. The van der Waals surface area contributed by atoms with Crippen LogP contribution in [0.3, 0.4) is 0 Å². The summed E-state index contributed by atoms with van der Waals surface area (Å²) < 4.78 is 41.0. The number of carbonyl (C=O) groups excluding carboxylic acids is 2. The Labute approximate surface area is 194 Å². The average molecular weight is 479 g/mol. The second kappa shape index (κ2) is 10.1. The fourth-order valence-corrected chi connectivity index (χ4v) is 3.66. The highest BCUT2D eigenvalue weighted by Gasteiger charge is 2.34. The van der Waals surface area contributed by atoms with Crippen molar-refractivity contribution >= 4 is 29.1 Å². The molecule has 1 aromatic heterocycles. The Balaban J connectivity index is 1.76. The maximum absolute atomic E-state index is 13.2. The van der Waals surface area contributed by atoms with Crippen LogP contribution < -0.4 is 5.32 Å². The summed E-state index contributed by atoms with van der Waals surface area (Å²) in [4.78, 5) is 26.8. The topological polar surface area (TPSA) is 67.2 Å². The summed E-state index contributed by atoms with van der Waals surface area (Å²) in [5, 5.41) is 6.72. The van der Waals surface area contributed by atoms with Gasteiger partial charge in [-0.05, 0) is 31.5 Å². The third kappa shape index (κ3) is 5.73. The van der Waals surface area contributed by atoms with Gasteiger partial charge in [0.15, 0.2) is 0 Å². The van der Waals surface area contributed by atoms with E-state index in [0.717, 1.165) is 17.7 Å². The number of aryl methyl sites for hydroxylation is 1. The molecule has 10 heteroatoms. The molecule has 6 nitrogen and oxygen atoms in total. The molecule has 0 saturated heterocycles. The van der Waals surface area contributed by atoms with Gasteiger partial charge < -0.3 is 10.2 Å². The predicted octanol–water partition coefficient (Wildman–Crippen LogP) is 5.01. The quantitative estimate of drug-likeness (QED) is 0.519. The van der Waals surface area contributed by atoms with Crippen molar-refractivity contribution in [1.29, 1.82) is 0 Å². The minimum Gasteiger partial charge on any atom is -0.329 e. The Morgan fingerprint density at radius 3 is 2.36 bits per heavy atom. The lowest BCUT2D eigenvalue weighted by atomic mass is 10.1. The molecule has 2 amide bonds. The smallest absolute Gasteiger partial charge is 0.329 e. The minimum absolute atomic E-state index is 0.127. The fourth-order valence-electron chi connectivity index (χ4n) is 3.35. The van der Waals surface area contributed by atoms with Crippen LogP contribution in [0.4, 0.5) is 18.9 Å². The van der Waals surface area contributed by atoms with Gasteiger partial charge in [0.2, 0.25) is 5.91 Å². The standard InChI is InChI=1S/C23H22ClF3N4O2/c1-3-30(14-19(32)28-18-12-8-7-11-17(18)23(25,26)27)22(33)20-15(2)29-31(21(20)24)13-16-9-5-4-6-10-16/h4-12H,3,13-14H2,1-2H3,(H,28,32). The van der Waals surface area contributed by atoms with Crippen LogP contribution in [0.25, 0.3) is 0 Å². The number of hydrogen-bond donors (Lipinski definition) is 1. The van der Waals surface area contributed by atoms with Gasteiger partial charge in [0.05, 0.1) is 29.1 Å². The number of halogens is 4. The molecule has 0 radical (unpaired) electrons. The minimum atomic E-state index is -4.62. The SMILES string of the molecule is CCN(CC(=O)Nc1ccccc1C(F)(F)F)C(=O)c1c(C)nn(Cc2ccccc2)c1Cl. The molecule has 0 aliphatic carbocycles. The van der Waals surface area contributed by atoms with Crippen molar-refractivity contribution in [2.75, 3.05) is 18.4 Å². The van der Waals surface area contributed by atoms with Crippen LogP contribution in [-0.2, 0) is 17.5 Å². The van der Waals surface area contributed by atoms with Gasteiger partial charge in [-0.2, -0.15) is 18.3 Å². The summed E-state index contributed by atoms with van der Waals surface area (Å²) in [7, 11) is 0. The number of amides is 2. The normalized spacial score (nSPS) is 11.3. The predicted molar refractivity (Wildman–Crippen MR) is 119 cm³/mol. The van der Waals surface area contributed by atoms with Crippen LogP contribution in [0.5, 0.6) is 0 Å². The van der Waals surface area contributed by atoms with E-state index >= 15 is 0 Å². The Morgan fingerprint density at radius 1 is 1.09 bits per heavy atom. The lowest BCUT2D eigenvalue weighted by Crippen LogP contribution is -2.38. The molecular weight excluding hydrogens is 457 g/mol. The first kappa shape index (κ1) is 24.3. The number of likely N-dealkylation sites (N-methyl/N-ethyl adjacent to an activating group) is 1. The zero-order valence-electron chi connectivity index (χ0n) is 18.0. The highest BCUT2D eigenvalue weighted by Crippen LogP contribution is 2.34. The number of benzene rings is 2. The largest absolute Gasteiger partial charge is 0.418 e. The number of aromatic nitrogens is 2. The number of carbonyl (C=O) groups is 2. The second-order valence-electron chi connectivity index (χ2n) is 7.31. The second-order valence-corrected chi connectivity index (χ2v) is 7.66. The summed E-state index contributed by atoms with van der Waals surface area (Å²) in [6.45, 7) is 3.35. The highest BCUT2D eigenvalue weighted by molar-refractivity contribution is 6.33. The number of alkyl halides is 3. The number of para-hydroxylation sites is 1. The van der Waals surface area contributed by atoms with Crippen molar-refractivity contribution in [2.24, 2.45) is 0 Å². The molecule has 0 aliphatic heterocycles. The first-order valence-corrected chi connectivity index (χ1v) is 10.5. The van der Waals surface area contributed by atoms with Crippen molar-refractivity contribution in [1.82, 2.24) is 14.7 Å². The van der Waals surface area contributed by atoms with Crippen molar-refractivity contribution < 1.29 is 22.8 Å². The summed E-state index contributed by atoms with van der Waals surface area (Å²) in [6.07, 6.45) is -4.62. The molecule has 174 valence electrons. The van der Waals surface area contributed by atoms with Gasteiger partial charge in [-0.3, -0.25) is 9.59 Å². The van der Waals surface area contributed by atoms with Crippen molar-refractivity contribution in [3.63, 3.8) is 0 Å². The average Bonchev–Trinajstić information content (AvgIpc) is 3.04. The van der Waals surface area contributed by atoms with E-state index in [9.17, 15) is 22.8 Å². The monoisotopic (exact) mass is 478 g/mol. The van der Waals surface area contributed by atoms with E-state index in [1.54, 1.807) is 13.8 Å². The molecule has 1 heterocycles. The molecule has 0 spiro atoms. The summed E-state index contributed by atoms with van der Waals surface area (Å²) in [5.41, 5.74) is 0.147. The number of nitrogens with zero attached hydrogens (tertiary/aromatic N) is 3. The van der Waals surface area contributed by atoms with Crippen LogP contribution >= 0.6 is 11.6 Å². The number of anilines is 1. The van der Waals surface area contributed by atoms with Crippen molar-refractivity contribution in [2.45, 2.75) is 26.6 Å².